The summed E-state index contributed by atoms with van der Waals surface area (Å²) in [5.74, 6) is -1.13. The van der Waals surface area contributed by atoms with Crippen molar-refractivity contribution in [2.24, 2.45) is 7.05 Å². The molecule has 0 spiro atoms. The van der Waals surface area contributed by atoms with Gasteiger partial charge in [0.2, 0.25) is 0 Å². The van der Waals surface area contributed by atoms with Crippen molar-refractivity contribution in [1.29, 1.82) is 0 Å². The van der Waals surface area contributed by atoms with Crippen LogP contribution in [0.15, 0.2) is 35.5 Å². The lowest BCUT2D eigenvalue weighted by molar-refractivity contribution is 0.0696. The van der Waals surface area contributed by atoms with Crippen LogP contribution in [0.3, 0.4) is 0 Å². The Bertz CT molecular complexity index is 620. The second-order valence-corrected chi connectivity index (χ2v) is 3.44. The molecule has 6 heteroatoms. The van der Waals surface area contributed by atoms with Crippen LogP contribution in [-0.2, 0) is 7.05 Å². The van der Waals surface area contributed by atoms with E-state index in [1.54, 1.807) is 18.3 Å². The number of carbonyl (C=O) groups is 1. The van der Waals surface area contributed by atoms with E-state index in [9.17, 15) is 9.59 Å². The van der Waals surface area contributed by atoms with E-state index in [1.807, 2.05) is 0 Å². The highest BCUT2D eigenvalue weighted by molar-refractivity contribution is 5.94. The van der Waals surface area contributed by atoms with E-state index in [-0.39, 0.29) is 11.3 Å². The molecule has 6 nitrogen and oxygen atoms in total. The van der Waals surface area contributed by atoms with Crippen LogP contribution >= 0.6 is 0 Å². The van der Waals surface area contributed by atoms with Crippen molar-refractivity contribution in [2.75, 3.05) is 0 Å². The molecule has 0 aliphatic rings. The Morgan fingerprint density at radius 2 is 2.24 bits per heavy atom. The van der Waals surface area contributed by atoms with E-state index < -0.39 is 11.7 Å². The second-order valence-electron chi connectivity index (χ2n) is 3.44. The second kappa shape index (κ2) is 4.17. The lowest BCUT2D eigenvalue weighted by atomic mass is 10.1. The van der Waals surface area contributed by atoms with Gasteiger partial charge in [-0.15, -0.1) is 0 Å². The number of carboxylic acid groups (broad SMARTS) is 1. The van der Waals surface area contributed by atoms with E-state index >= 15 is 0 Å². The summed E-state index contributed by atoms with van der Waals surface area (Å²) >= 11 is 0. The Labute approximate surface area is 96.2 Å². The molecule has 0 atom stereocenters. The predicted molar refractivity (Wildman–Crippen MR) is 59.7 cm³/mol. The molecule has 2 aromatic rings. The first-order valence-electron chi connectivity index (χ1n) is 4.81. The third-order valence-corrected chi connectivity index (χ3v) is 2.25. The molecule has 1 N–H and O–H groups in total. The maximum Gasteiger partial charge on any atom is 0.347 e. The molecule has 2 heterocycles. The van der Waals surface area contributed by atoms with Gasteiger partial charge in [0.1, 0.15) is 5.56 Å². The van der Waals surface area contributed by atoms with Crippen LogP contribution in [-0.4, -0.2) is 25.6 Å². The molecule has 0 aliphatic heterocycles. The first-order chi connectivity index (χ1) is 8.09. The highest BCUT2D eigenvalue weighted by Gasteiger charge is 2.15. The van der Waals surface area contributed by atoms with E-state index in [1.165, 1.54) is 19.4 Å². The molecule has 0 saturated carbocycles. The normalized spacial score (nSPS) is 10.2. The minimum absolute atomic E-state index is 0.0277. The van der Waals surface area contributed by atoms with E-state index in [2.05, 4.69) is 9.97 Å². The largest absolute Gasteiger partial charge is 0.478 e. The van der Waals surface area contributed by atoms with Gasteiger partial charge in [-0.2, -0.15) is 4.98 Å². The van der Waals surface area contributed by atoms with Crippen molar-refractivity contribution in [2.45, 2.75) is 0 Å². The standard InChI is InChI=1S/C11H9N3O3/c1-14-6-8(10(15)16)9(13-11(14)17)7-3-2-4-12-5-7/h2-6H,1H3,(H,15,16). The Morgan fingerprint density at radius 3 is 2.82 bits per heavy atom. The van der Waals surface area contributed by atoms with Crippen LogP contribution in [0.2, 0.25) is 0 Å². The number of hydrogen-bond donors (Lipinski definition) is 1. The molecule has 0 aliphatic carbocycles. The lowest BCUT2D eigenvalue weighted by Gasteiger charge is -2.05. The topological polar surface area (TPSA) is 85.1 Å². The van der Waals surface area contributed by atoms with Gasteiger partial charge in [-0.3, -0.25) is 4.98 Å². The number of nitrogens with zero attached hydrogens (tertiary/aromatic N) is 3. The highest BCUT2D eigenvalue weighted by atomic mass is 16.4. The highest BCUT2D eigenvalue weighted by Crippen LogP contribution is 2.18. The van der Waals surface area contributed by atoms with Crippen molar-refractivity contribution in [1.82, 2.24) is 14.5 Å². The quantitative estimate of drug-likeness (QED) is 0.815. The van der Waals surface area contributed by atoms with Crippen molar-refractivity contribution < 1.29 is 9.90 Å². The Kier molecular flexibility index (Phi) is 2.70. The molecule has 0 unspecified atom stereocenters. The Hall–Kier alpha value is -2.50. The van der Waals surface area contributed by atoms with E-state index in [0.29, 0.717) is 5.56 Å². The van der Waals surface area contributed by atoms with Crippen molar-refractivity contribution in [3.05, 3.63) is 46.8 Å². The minimum atomic E-state index is -1.13. The fourth-order valence-electron chi connectivity index (χ4n) is 1.42. The zero-order valence-corrected chi connectivity index (χ0v) is 8.99. The SMILES string of the molecule is Cn1cc(C(=O)O)c(-c2cccnc2)nc1=O. The van der Waals surface area contributed by atoms with Crippen LogP contribution in [0.4, 0.5) is 0 Å². The first-order valence-corrected chi connectivity index (χ1v) is 4.81. The van der Waals surface area contributed by atoms with Crippen LogP contribution in [0.25, 0.3) is 11.3 Å². The maximum atomic E-state index is 11.4. The Morgan fingerprint density at radius 1 is 1.47 bits per heavy atom. The van der Waals surface area contributed by atoms with Crippen LogP contribution in [0, 0.1) is 0 Å². The third-order valence-electron chi connectivity index (χ3n) is 2.25. The zero-order chi connectivity index (χ0) is 12.4. The summed E-state index contributed by atoms with van der Waals surface area (Å²) < 4.78 is 1.13. The van der Waals surface area contributed by atoms with E-state index in [4.69, 9.17) is 5.11 Å². The molecule has 17 heavy (non-hydrogen) atoms. The average Bonchev–Trinajstić information content (AvgIpc) is 2.33. The number of hydrogen-bond acceptors (Lipinski definition) is 4. The lowest BCUT2D eigenvalue weighted by Crippen LogP contribution is -2.22. The smallest absolute Gasteiger partial charge is 0.347 e. The van der Waals surface area contributed by atoms with Gasteiger partial charge in [-0.05, 0) is 12.1 Å². The average molecular weight is 231 g/mol. The number of carboxylic acids is 1. The molecule has 0 fully saturated rings. The van der Waals surface area contributed by atoms with Crippen molar-refractivity contribution in [3.63, 3.8) is 0 Å². The van der Waals surface area contributed by atoms with Gasteiger partial charge < -0.3 is 9.67 Å². The fourth-order valence-corrected chi connectivity index (χ4v) is 1.42. The summed E-state index contributed by atoms with van der Waals surface area (Å²) in [5, 5.41) is 9.07. The minimum Gasteiger partial charge on any atom is -0.478 e. The number of aromatic carboxylic acids is 1. The summed E-state index contributed by atoms with van der Waals surface area (Å²) in [6.45, 7) is 0. The molecule has 2 rings (SSSR count). The van der Waals surface area contributed by atoms with Gasteiger partial charge >= 0.3 is 11.7 Å². The summed E-state index contributed by atoms with van der Waals surface area (Å²) in [5.41, 5.74) is 0.102. The molecule has 86 valence electrons. The van der Waals surface area contributed by atoms with Crippen molar-refractivity contribution in [3.8, 4) is 11.3 Å². The predicted octanol–water partition coefficient (Wildman–Crippen LogP) is 0.540. The number of rotatable bonds is 2. The fraction of sp³-hybridized carbons (Fsp3) is 0.0909. The molecule has 0 aromatic carbocycles. The van der Waals surface area contributed by atoms with Gasteiger partial charge in [0, 0.05) is 31.2 Å². The maximum absolute atomic E-state index is 11.4. The van der Waals surface area contributed by atoms with Gasteiger partial charge in [-0.1, -0.05) is 0 Å². The molecule has 0 amide bonds. The Balaban J connectivity index is 2.73. The van der Waals surface area contributed by atoms with Gasteiger partial charge in [0.25, 0.3) is 0 Å². The van der Waals surface area contributed by atoms with Gasteiger partial charge in [0.15, 0.2) is 0 Å². The molecule has 0 saturated heterocycles. The molecule has 2 aromatic heterocycles. The molecule has 0 bridgehead atoms. The van der Waals surface area contributed by atoms with E-state index in [0.717, 1.165) is 4.57 Å². The van der Waals surface area contributed by atoms with Gasteiger partial charge in [0.05, 0.1) is 5.69 Å². The zero-order valence-electron chi connectivity index (χ0n) is 8.99. The summed E-state index contributed by atoms with van der Waals surface area (Å²) in [4.78, 5) is 30.1. The first kappa shape index (κ1) is 11.0. The summed E-state index contributed by atoms with van der Waals surface area (Å²) in [6, 6.07) is 3.31. The van der Waals surface area contributed by atoms with Crippen LogP contribution < -0.4 is 5.69 Å². The van der Waals surface area contributed by atoms with Crippen LogP contribution in [0.5, 0.6) is 0 Å². The number of aryl methyl sites for hydroxylation is 1. The molecular formula is C11H9N3O3. The van der Waals surface area contributed by atoms with Crippen LogP contribution in [0.1, 0.15) is 10.4 Å². The number of pyridine rings is 1. The molecule has 0 radical (unpaired) electrons. The number of aromatic nitrogens is 3. The monoisotopic (exact) mass is 231 g/mol. The summed E-state index contributed by atoms with van der Waals surface area (Å²) in [7, 11) is 1.45. The van der Waals surface area contributed by atoms with Gasteiger partial charge in [-0.25, -0.2) is 9.59 Å². The van der Waals surface area contributed by atoms with Crippen molar-refractivity contribution >= 4 is 5.97 Å². The molecular weight excluding hydrogens is 222 g/mol. The third kappa shape index (κ3) is 2.05. The summed E-state index contributed by atoms with van der Waals surface area (Å²) in [6.07, 6.45) is 4.28.